The molecule has 6 heteroatoms. The van der Waals surface area contributed by atoms with Crippen LogP contribution in [0.15, 0.2) is 12.1 Å². The number of carbonyl (C=O) groups excluding carboxylic acids is 1. The van der Waals surface area contributed by atoms with Gasteiger partial charge in [-0.1, -0.05) is 53.7 Å². The topological polar surface area (TPSA) is 72.8 Å². The van der Waals surface area contributed by atoms with Crippen LogP contribution in [0.25, 0.3) is 0 Å². The first-order chi connectivity index (χ1) is 13.9. The monoisotopic (exact) mass is 436 g/mol. The fourth-order valence-electron chi connectivity index (χ4n) is 3.83. The van der Waals surface area contributed by atoms with Gasteiger partial charge in [0.05, 0.1) is 11.9 Å². The molecule has 1 atom stereocenters. The van der Waals surface area contributed by atoms with Crippen molar-refractivity contribution in [2.45, 2.75) is 70.5 Å². The lowest BCUT2D eigenvalue weighted by Gasteiger charge is -2.33. The van der Waals surface area contributed by atoms with Crippen molar-refractivity contribution in [3.05, 3.63) is 28.8 Å². The minimum absolute atomic E-state index is 0.0747. The molecule has 170 valence electrons. The number of nitrogens with one attached hydrogen (secondary N) is 1. The van der Waals surface area contributed by atoms with Crippen LogP contribution in [0.3, 0.4) is 0 Å². The molecule has 1 amide bonds. The Bertz CT molecular complexity index is 687. The van der Waals surface area contributed by atoms with Crippen LogP contribution >= 0.6 is 11.8 Å². The largest absolute Gasteiger partial charge is 0.507 e. The first-order valence-corrected chi connectivity index (χ1v) is 12.1. The summed E-state index contributed by atoms with van der Waals surface area (Å²) in [6, 6.07) is 4.19. The van der Waals surface area contributed by atoms with Gasteiger partial charge in [-0.3, -0.25) is 4.79 Å². The second kappa shape index (κ2) is 10.4. The summed E-state index contributed by atoms with van der Waals surface area (Å²) >= 11 is 1.75. The summed E-state index contributed by atoms with van der Waals surface area (Å²) in [5, 5.41) is 22.9. The summed E-state index contributed by atoms with van der Waals surface area (Å²) < 4.78 is 0. The predicted molar refractivity (Wildman–Crippen MR) is 127 cm³/mol. The molecule has 1 fully saturated rings. The zero-order valence-corrected chi connectivity index (χ0v) is 20.4. The highest BCUT2D eigenvalue weighted by atomic mass is 32.2. The van der Waals surface area contributed by atoms with E-state index in [1.54, 1.807) is 11.8 Å². The molecule has 30 heavy (non-hydrogen) atoms. The molecular weight excluding hydrogens is 396 g/mol. The number of carbonyl (C=O) groups is 1. The molecule has 1 aliphatic heterocycles. The average Bonchev–Trinajstić information content (AvgIpc) is 2.63. The number of aliphatic hydroxyl groups is 1. The van der Waals surface area contributed by atoms with Crippen LogP contribution in [0.5, 0.6) is 5.75 Å². The molecule has 1 aromatic carbocycles. The SMILES string of the molecule is CC(C)(C)c1cc(CC2SCCN(CCCNCCO)C2=O)cc(C(C)(C)C)c1O. The van der Waals surface area contributed by atoms with Gasteiger partial charge >= 0.3 is 0 Å². The third-order valence-electron chi connectivity index (χ3n) is 5.54. The van der Waals surface area contributed by atoms with E-state index >= 15 is 0 Å². The van der Waals surface area contributed by atoms with Crippen LogP contribution in [-0.4, -0.2) is 64.8 Å². The van der Waals surface area contributed by atoms with Crippen molar-refractivity contribution < 1.29 is 15.0 Å². The van der Waals surface area contributed by atoms with Crippen LogP contribution in [0, 0.1) is 0 Å². The fourth-order valence-corrected chi connectivity index (χ4v) is 5.04. The molecule has 0 aliphatic carbocycles. The van der Waals surface area contributed by atoms with Crippen LogP contribution in [0.2, 0.25) is 0 Å². The van der Waals surface area contributed by atoms with Gasteiger partial charge in [-0.2, -0.15) is 0 Å². The van der Waals surface area contributed by atoms with Crippen molar-refractivity contribution in [2.75, 3.05) is 38.5 Å². The van der Waals surface area contributed by atoms with Crippen molar-refractivity contribution >= 4 is 17.7 Å². The second-order valence-electron chi connectivity index (χ2n) is 10.3. The number of aromatic hydroxyl groups is 1. The molecule has 3 N–H and O–H groups in total. The molecule has 0 spiro atoms. The van der Waals surface area contributed by atoms with Crippen LogP contribution in [0.4, 0.5) is 0 Å². The third kappa shape index (κ3) is 6.63. The first-order valence-electron chi connectivity index (χ1n) is 11.0. The zero-order chi connectivity index (χ0) is 22.5. The van der Waals surface area contributed by atoms with Crippen molar-refractivity contribution in [1.82, 2.24) is 10.2 Å². The summed E-state index contributed by atoms with van der Waals surface area (Å²) in [6.45, 7) is 15.8. The number of nitrogens with zero attached hydrogens (tertiary/aromatic N) is 1. The summed E-state index contributed by atoms with van der Waals surface area (Å²) in [5.41, 5.74) is 2.68. The smallest absolute Gasteiger partial charge is 0.236 e. The molecule has 1 saturated heterocycles. The molecule has 1 aliphatic rings. The minimum Gasteiger partial charge on any atom is -0.507 e. The molecular formula is C24H40N2O3S. The van der Waals surface area contributed by atoms with Gasteiger partial charge in [0.2, 0.25) is 5.91 Å². The molecule has 0 bridgehead atoms. The van der Waals surface area contributed by atoms with Gasteiger partial charge in [0.15, 0.2) is 0 Å². The maximum atomic E-state index is 13.1. The Kier molecular flexibility index (Phi) is 8.66. The lowest BCUT2D eigenvalue weighted by molar-refractivity contribution is -0.130. The van der Waals surface area contributed by atoms with Gasteiger partial charge in [-0.05, 0) is 46.9 Å². The summed E-state index contributed by atoms with van der Waals surface area (Å²) in [7, 11) is 0. The van der Waals surface area contributed by atoms with Crippen molar-refractivity contribution in [3.8, 4) is 5.75 Å². The lowest BCUT2D eigenvalue weighted by Crippen LogP contribution is -2.45. The van der Waals surface area contributed by atoms with Crippen LogP contribution in [0.1, 0.15) is 64.7 Å². The predicted octanol–water partition coefficient (Wildman–Crippen LogP) is 3.45. The quantitative estimate of drug-likeness (QED) is 0.545. The van der Waals surface area contributed by atoms with Crippen molar-refractivity contribution in [2.24, 2.45) is 0 Å². The molecule has 2 rings (SSSR count). The molecule has 0 saturated carbocycles. The zero-order valence-electron chi connectivity index (χ0n) is 19.5. The van der Waals surface area contributed by atoms with Gasteiger partial charge in [0.25, 0.3) is 0 Å². The van der Waals surface area contributed by atoms with Gasteiger partial charge in [-0.25, -0.2) is 0 Å². The van der Waals surface area contributed by atoms with Crippen molar-refractivity contribution in [1.29, 1.82) is 0 Å². The highest BCUT2D eigenvalue weighted by Crippen LogP contribution is 2.40. The van der Waals surface area contributed by atoms with E-state index in [1.807, 2.05) is 4.90 Å². The Morgan fingerprint density at radius 2 is 1.70 bits per heavy atom. The standard InChI is InChI=1S/C24H40N2O3S/c1-23(2,3)18-14-17(15-19(21(18)28)24(4,5)6)16-20-22(29)26(11-13-30-20)10-7-8-25-9-12-27/h14-15,20,25,27-28H,7-13,16H2,1-6H3. The van der Waals surface area contributed by atoms with E-state index in [2.05, 4.69) is 59.0 Å². The highest BCUT2D eigenvalue weighted by Gasteiger charge is 2.31. The Morgan fingerprint density at radius 1 is 1.10 bits per heavy atom. The normalized spacial score (nSPS) is 18.2. The fraction of sp³-hybridized carbons (Fsp3) is 0.708. The van der Waals surface area contributed by atoms with Gasteiger partial charge < -0.3 is 20.4 Å². The number of phenols is 1. The second-order valence-corrected chi connectivity index (χ2v) is 11.6. The Labute approximate surface area is 186 Å². The summed E-state index contributed by atoms with van der Waals surface area (Å²) in [4.78, 5) is 15.1. The van der Waals surface area contributed by atoms with Crippen LogP contribution in [-0.2, 0) is 22.0 Å². The number of hydrogen-bond donors (Lipinski definition) is 3. The van der Waals surface area contributed by atoms with Gasteiger partial charge in [-0.15, -0.1) is 11.8 Å². The maximum absolute atomic E-state index is 13.1. The maximum Gasteiger partial charge on any atom is 0.236 e. The van der Waals surface area contributed by atoms with E-state index in [4.69, 9.17) is 5.11 Å². The van der Waals surface area contributed by atoms with E-state index in [1.165, 1.54) is 0 Å². The Morgan fingerprint density at radius 3 is 2.23 bits per heavy atom. The minimum atomic E-state index is -0.169. The van der Waals surface area contributed by atoms with E-state index in [0.717, 1.165) is 48.5 Å². The first kappa shape index (κ1) is 25.0. The highest BCUT2D eigenvalue weighted by molar-refractivity contribution is 8.00. The number of benzene rings is 1. The summed E-state index contributed by atoms with van der Waals surface area (Å²) in [6.07, 6.45) is 1.58. The number of amides is 1. The number of rotatable bonds is 8. The molecule has 1 heterocycles. The van der Waals surface area contributed by atoms with Gasteiger partial charge in [0, 0.05) is 25.4 Å². The molecule has 5 nitrogen and oxygen atoms in total. The van der Waals surface area contributed by atoms with E-state index in [9.17, 15) is 9.90 Å². The van der Waals surface area contributed by atoms with E-state index in [0.29, 0.717) is 18.7 Å². The molecule has 1 aromatic rings. The lowest BCUT2D eigenvalue weighted by atomic mass is 9.78. The van der Waals surface area contributed by atoms with Crippen molar-refractivity contribution in [3.63, 3.8) is 0 Å². The molecule has 0 aromatic heterocycles. The van der Waals surface area contributed by atoms with Gasteiger partial charge in [0.1, 0.15) is 5.75 Å². The number of aliphatic hydroxyl groups excluding tert-OH is 1. The van der Waals surface area contributed by atoms with Crippen LogP contribution < -0.4 is 5.32 Å². The third-order valence-corrected chi connectivity index (χ3v) is 6.73. The molecule has 1 unspecified atom stereocenters. The molecule has 0 radical (unpaired) electrons. The Hall–Kier alpha value is -1.24. The van der Waals surface area contributed by atoms with E-state index < -0.39 is 0 Å². The number of thioether (sulfide) groups is 1. The average molecular weight is 437 g/mol. The van der Waals surface area contributed by atoms with E-state index in [-0.39, 0.29) is 28.6 Å². The summed E-state index contributed by atoms with van der Waals surface area (Å²) in [5.74, 6) is 1.56. The number of hydrogen-bond acceptors (Lipinski definition) is 5. The Balaban J connectivity index is 2.17. The number of phenolic OH excluding ortho intramolecular Hbond substituents is 1.